The number of imidazole rings is 1. The predicted molar refractivity (Wildman–Crippen MR) is 111 cm³/mol. The maximum Gasteiger partial charge on any atom is 0.323 e. The van der Waals surface area contributed by atoms with Gasteiger partial charge in [-0.3, -0.25) is 4.79 Å². The first-order valence-electron chi connectivity index (χ1n) is 8.66. The lowest BCUT2D eigenvalue weighted by atomic mass is 10.2. The fourth-order valence-electron chi connectivity index (χ4n) is 3.21. The molecule has 138 valence electrons. The van der Waals surface area contributed by atoms with E-state index in [1.165, 1.54) is 11.3 Å². The average molecular weight is 389 g/mol. The van der Waals surface area contributed by atoms with Gasteiger partial charge >= 0.3 is 5.69 Å². The van der Waals surface area contributed by atoms with Crippen LogP contribution in [0.25, 0.3) is 26.9 Å². The Morgan fingerprint density at radius 2 is 1.86 bits per heavy atom. The van der Waals surface area contributed by atoms with Crippen molar-refractivity contribution in [2.45, 2.75) is 6.92 Å². The van der Waals surface area contributed by atoms with Crippen molar-refractivity contribution in [3.8, 4) is 5.69 Å². The number of rotatable bonds is 3. The van der Waals surface area contributed by atoms with Crippen LogP contribution < -0.4 is 11.0 Å². The first-order valence-corrected chi connectivity index (χ1v) is 9.48. The number of nitrogens with zero attached hydrogens (tertiary/aromatic N) is 2. The molecular formula is C20H15N5O2S. The zero-order valence-corrected chi connectivity index (χ0v) is 15.6. The van der Waals surface area contributed by atoms with Crippen molar-refractivity contribution in [2.75, 3.05) is 5.32 Å². The van der Waals surface area contributed by atoms with Crippen LogP contribution in [-0.4, -0.2) is 25.7 Å². The summed E-state index contributed by atoms with van der Waals surface area (Å²) in [4.78, 5) is 31.1. The van der Waals surface area contributed by atoms with Crippen molar-refractivity contribution >= 4 is 44.2 Å². The molecule has 0 aliphatic carbocycles. The molecule has 0 aliphatic rings. The molecule has 0 atom stereocenters. The lowest BCUT2D eigenvalue weighted by Gasteiger charge is -2.04. The molecule has 0 unspecified atom stereocenters. The summed E-state index contributed by atoms with van der Waals surface area (Å²) in [6, 6.07) is 17.0. The van der Waals surface area contributed by atoms with E-state index in [-0.39, 0.29) is 11.6 Å². The number of carbonyl (C=O) groups excluding carboxylic acids is 1. The second-order valence-electron chi connectivity index (χ2n) is 6.46. The van der Waals surface area contributed by atoms with Crippen LogP contribution in [0, 0.1) is 6.92 Å². The molecule has 28 heavy (non-hydrogen) atoms. The van der Waals surface area contributed by atoms with Gasteiger partial charge in [0.2, 0.25) is 0 Å². The molecule has 2 aromatic carbocycles. The van der Waals surface area contributed by atoms with E-state index in [9.17, 15) is 9.59 Å². The highest BCUT2D eigenvalue weighted by Gasteiger charge is 2.17. The highest BCUT2D eigenvalue weighted by molar-refractivity contribution is 7.20. The molecule has 0 fully saturated rings. The minimum absolute atomic E-state index is 0.197. The van der Waals surface area contributed by atoms with E-state index in [1.807, 2.05) is 48.0 Å². The number of aromatic amines is 2. The Morgan fingerprint density at radius 1 is 1.07 bits per heavy atom. The molecule has 5 rings (SSSR count). The van der Waals surface area contributed by atoms with E-state index in [2.05, 4.69) is 20.4 Å². The zero-order chi connectivity index (χ0) is 19.3. The molecule has 0 aliphatic heterocycles. The van der Waals surface area contributed by atoms with Crippen molar-refractivity contribution in [2.24, 2.45) is 0 Å². The molecule has 0 bridgehead atoms. The van der Waals surface area contributed by atoms with Gasteiger partial charge in [-0.05, 0) is 43.3 Å². The number of amides is 1. The molecule has 0 saturated carbocycles. The zero-order valence-electron chi connectivity index (χ0n) is 14.8. The minimum atomic E-state index is -0.274. The summed E-state index contributed by atoms with van der Waals surface area (Å²) in [7, 11) is 0. The molecule has 1 amide bonds. The Kier molecular flexibility index (Phi) is 3.66. The van der Waals surface area contributed by atoms with Gasteiger partial charge in [0.15, 0.2) is 0 Å². The summed E-state index contributed by atoms with van der Waals surface area (Å²) in [6.07, 6.45) is 0. The van der Waals surface area contributed by atoms with Gasteiger partial charge < -0.3 is 15.3 Å². The third kappa shape index (κ3) is 2.71. The summed E-state index contributed by atoms with van der Waals surface area (Å²) in [5, 5.41) is 8.46. The first-order chi connectivity index (χ1) is 13.6. The quantitative estimate of drug-likeness (QED) is 0.438. The third-order valence-electron chi connectivity index (χ3n) is 4.54. The summed E-state index contributed by atoms with van der Waals surface area (Å²) in [6.45, 7) is 1.94. The SMILES string of the molecule is Cc1nn(-c2ccccc2)c2sc(C(=O)Nc3ccc4[nH]c(=O)[nH]c4c3)cc12. The van der Waals surface area contributed by atoms with Gasteiger partial charge in [0, 0.05) is 11.1 Å². The summed E-state index contributed by atoms with van der Waals surface area (Å²) < 4.78 is 1.86. The fraction of sp³-hybridized carbons (Fsp3) is 0.0500. The second-order valence-corrected chi connectivity index (χ2v) is 7.49. The normalized spacial score (nSPS) is 11.3. The van der Waals surface area contributed by atoms with Crippen LogP contribution in [0.4, 0.5) is 5.69 Å². The van der Waals surface area contributed by atoms with Gasteiger partial charge in [-0.15, -0.1) is 11.3 Å². The molecule has 7 nitrogen and oxygen atoms in total. The molecule has 3 heterocycles. The number of hydrogen-bond donors (Lipinski definition) is 3. The molecule has 0 radical (unpaired) electrons. The highest BCUT2D eigenvalue weighted by Crippen LogP contribution is 2.31. The standard InChI is InChI=1S/C20H15N5O2S/c1-11-14-10-17(28-19(14)25(24-11)13-5-3-2-4-6-13)18(26)21-12-7-8-15-16(9-12)23-20(27)22-15/h2-10H,1H3,(H,21,26)(H2,22,23,27). The van der Waals surface area contributed by atoms with Crippen LogP contribution >= 0.6 is 11.3 Å². The van der Waals surface area contributed by atoms with Gasteiger partial charge in [0.1, 0.15) is 4.83 Å². The number of aromatic nitrogens is 4. The highest BCUT2D eigenvalue weighted by atomic mass is 32.1. The van der Waals surface area contributed by atoms with Gasteiger partial charge in [0.05, 0.1) is 27.3 Å². The van der Waals surface area contributed by atoms with Crippen molar-refractivity contribution in [3.63, 3.8) is 0 Å². The topological polar surface area (TPSA) is 95.6 Å². The minimum Gasteiger partial charge on any atom is -0.321 e. The van der Waals surface area contributed by atoms with Gasteiger partial charge in [-0.2, -0.15) is 5.10 Å². The van der Waals surface area contributed by atoms with E-state index in [0.29, 0.717) is 21.6 Å². The second kappa shape index (κ2) is 6.21. The Labute approximate surface area is 162 Å². The maximum absolute atomic E-state index is 12.8. The maximum atomic E-state index is 12.8. The molecule has 3 N–H and O–H groups in total. The number of aryl methyl sites for hydroxylation is 1. The number of fused-ring (bicyclic) bond motifs is 2. The van der Waals surface area contributed by atoms with Crippen LogP contribution in [0.2, 0.25) is 0 Å². The number of thiophene rings is 1. The Hall–Kier alpha value is -3.65. The van der Waals surface area contributed by atoms with E-state index >= 15 is 0 Å². The molecule has 5 aromatic rings. The van der Waals surface area contributed by atoms with E-state index < -0.39 is 0 Å². The van der Waals surface area contributed by atoms with Gasteiger partial charge in [-0.25, -0.2) is 9.48 Å². The van der Waals surface area contributed by atoms with Crippen LogP contribution in [0.15, 0.2) is 59.4 Å². The van der Waals surface area contributed by atoms with Crippen LogP contribution in [0.5, 0.6) is 0 Å². The first kappa shape index (κ1) is 16.5. The smallest absolute Gasteiger partial charge is 0.321 e. The largest absolute Gasteiger partial charge is 0.323 e. The Bertz CT molecular complexity index is 1390. The van der Waals surface area contributed by atoms with Gasteiger partial charge in [-0.1, -0.05) is 18.2 Å². The summed E-state index contributed by atoms with van der Waals surface area (Å²) >= 11 is 1.40. The average Bonchev–Trinajstić information content (AvgIpc) is 3.36. The van der Waals surface area contributed by atoms with E-state index in [4.69, 9.17) is 0 Å². The third-order valence-corrected chi connectivity index (χ3v) is 5.65. The predicted octanol–water partition coefficient (Wildman–Crippen LogP) is 3.82. The number of hydrogen-bond acceptors (Lipinski definition) is 4. The number of nitrogens with one attached hydrogen (secondary N) is 3. The molecular weight excluding hydrogens is 374 g/mol. The van der Waals surface area contributed by atoms with Crippen molar-refractivity contribution in [1.82, 2.24) is 19.7 Å². The monoisotopic (exact) mass is 389 g/mol. The lowest BCUT2D eigenvalue weighted by molar-refractivity contribution is 0.103. The number of carbonyl (C=O) groups is 1. The number of anilines is 1. The van der Waals surface area contributed by atoms with Crippen LogP contribution in [-0.2, 0) is 0 Å². The van der Waals surface area contributed by atoms with E-state index in [1.54, 1.807) is 18.2 Å². The fourth-order valence-corrected chi connectivity index (χ4v) is 4.28. The molecule has 0 saturated heterocycles. The van der Waals surface area contributed by atoms with Crippen LogP contribution in [0.1, 0.15) is 15.4 Å². The number of para-hydroxylation sites is 1. The lowest BCUT2D eigenvalue weighted by Crippen LogP contribution is -2.10. The summed E-state index contributed by atoms with van der Waals surface area (Å²) in [5.41, 5.74) is 3.52. The van der Waals surface area contributed by atoms with Crippen molar-refractivity contribution in [3.05, 3.63) is 75.7 Å². The van der Waals surface area contributed by atoms with Crippen molar-refractivity contribution < 1.29 is 4.79 Å². The summed E-state index contributed by atoms with van der Waals surface area (Å²) in [5.74, 6) is -0.197. The Morgan fingerprint density at radius 3 is 2.68 bits per heavy atom. The van der Waals surface area contributed by atoms with Gasteiger partial charge in [0.25, 0.3) is 5.91 Å². The number of benzene rings is 2. The molecule has 0 spiro atoms. The Balaban J connectivity index is 1.50. The number of H-pyrrole nitrogens is 2. The molecule has 3 aromatic heterocycles. The molecule has 8 heteroatoms. The van der Waals surface area contributed by atoms with Crippen molar-refractivity contribution in [1.29, 1.82) is 0 Å². The van der Waals surface area contributed by atoms with E-state index in [0.717, 1.165) is 21.6 Å². The van der Waals surface area contributed by atoms with Crippen LogP contribution in [0.3, 0.4) is 0 Å².